The van der Waals surface area contributed by atoms with Crippen molar-refractivity contribution in [1.29, 1.82) is 0 Å². The molecule has 0 aromatic carbocycles. The SMILES string of the molecule is CCC[C@H](C)C(C)(C)/C(ON)=C(/C)C=O. The number of hydrogen-bond acceptors (Lipinski definition) is 3. The predicted molar refractivity (Wildman–Crippen MR) is 61.9 cm³/mol. The number of allylic oxidation sites excluding steroid dienone is 2. The first-order chi connectivity index (χ1) is 6.91. The lowest BCUT2D eigenvalue weighted by Gasteiger charge is -2.33. The van der Waals surface area contributed by atoms with E-state index in [4.69, 9.17) is 10.7 Å². The van der Waals surface area contributed by atoms with Gasteiger partial charge < -0.3 is 4.84 Å². The van der Waals surface area contributed by atoms with E-state index < -0.39 is 0 Å². The molecule has 2 N–H and O–H groups in total. The highest BCUT2D eigenvalue weighted by molar-refractivity contribution is 5.73. The van der Waals surface area contributed by atoms with E-state index in [1.165, 1.54) is 0 Å². The molecule has 0 bridgehead atoms. The molecular weight excluding hydrogens is 190 g/mol. The van der Waals surface area contributed by atoms with Crippen LogP contribution in [0.25, 0.3) is 0 Å². The first-order valence-corrected chi connectivity index (χ1v) is 5.45. The average Bonchev–Trinajstić information content (AvgIpc) is 2.18. The first kappa shape index (κ1) is 14.2. The Balaban J connectivity index is 5.04. The van der Waals surface area contributed by atoms with E-state index in [9.17, 15) is 4.79 Å². The van der Waals surface area contributed by atoms with Gasteiger partial charge in [0, 0.05) is 11.0 Å². The van der Waals surface area contributed by atoms with E-state index in [-0.39, 0.29) is 5.41 Å². The fourth-order valence-corrected chi connectivity index (χ4v) is 1.82. The highest BCUT2D eigenvalue weighted by Crippen LogP contribution is 2.38. The molecule has 0 aliphatic heterocycles. The lowest BCUT2D eigenvalue weighted by Crippen LogP contribution is -2.28. The molecule has 88 valence electrons. The Hall–Kier alpha value is -0.830. The van der Waals surface area contributed by atoms with Gasteiger partial charge in [-0.1, -0.05) is 40.5 Å². The van der Waals surface area contributed by atoms with E-state index in [1.54, 1.807) is 6.92 Å². The molecule has 3 heteroatoms. The van der Waals surface area contributed by atoms with Gasteiger partial charge in [-0.15, -0.1) is 0 Å². The smallest absolute Gasteiger partial charge is 0.149 e. The zero-order valence-electron chi connectivity index (χ0n) is 10.5. The number of hydrogen-bond donors (Lipinski definition) is 1. The van der Waals surface area contributed by atoms with Crippen molar-refractivity contribution in [2.75, 3.05) is 0 Å². The van der Waals surface area contributed by atoms with Gasteiger partial charge in [0.15, 0.2) is 0 Å². The number of carbonyl (C=O) groups is 1. The minimum atomic E-state index is -0.199. The number of rotatable bonds is 6. The zero-order chi connectivity index (χ0) is 12.1. The van der Waals surface area contributed by atoms with Crippen molar-refractivity contribution in [2.45, 2.75) is 47.5 Å². The molecule has 3 nitrogen and oxygen atoms in total. The van der Waals surface area contributed by atoms with E-state index in [0.29, 0.717) is 17.3 Å². The Kier molecular flexibility index (Phi) is 5.58. The minimum Gasteiger partial charge on any atom is -0.415 e. The van der Waals surface area contributed by atoms with Crippen LogP contribution in [-0.2, 0) is 9.63 Å². The Morgan fingerprint density at radius 3 is 2.40 bits per heavy atom. The summed E-state index contributed by atoms with van der Waals surface area (Å²) in [6.07, 6.45) is 3.00. The fraction of sp³-hybridized carbons (Fsp3) is 0.750. The standard InChI is InChI=1S/C12H23NO2/c1-6-7-10(3)12(4,5)11(15-13)9(2)8-14/h8,10H,6-7,13H2,1-5H3/b11-9+/t10-/m0/s1. The Morgan fingerprint density at radius 1 is 1.53 bits per heavy atom. The highest BCUT2D eigenvalue weighted by atomic mass is 16.6. The zero-order valence-corrected chi connectivity index (χ0v) is 10.5. The monoisotopic (exact) mass is 213 g/mol. The van der Waals surface area contributed by atoms with Crippen molar-refractivity contribution >= 4 is 6.29 Å². The van der Waals surface area contributed by atoms with Crippen LogP contribution in [0.1, 0.15) is 47.5 Å². The molecule has 0 saturated heterocycles. The molecule has 15 heavy (non-hydrogen) atoms. The average molecular weight is 213 g/mol. The maximum absolute atomic E-state index is 10.7. The van der Waals surface area contributed by atoms with Crippen molar-refractivity contribution in [1.82, 2.24) is 0 Å². The third kappa shape index (κ3) is 3.34. The van der Waals surface area contributed by atoms with Gasteiger partial charge in [0.05, 0.1) is 0 Å². The Labute approximate surface area is 92.6 Å². The summed E-state index contributed by atoms with van der Waals surface area (Å²) in [6.45, 7) is 10.1. The van der Waals surface area contributed by atoms with Gasteiger partial charge in [-0.05, 0) is 12.8 Å². The number of nitrogens with two attached hydrogens (primary N) is 1. The van der Waals surface area contributed by atoms with Crippen molar-refractivity contribution in [3.63, 3.8) is 0 Å². The second kappa shape index (κ2) is 5.91. The summed E-state index contributed by atoms with van der Waals surface area (Å²) in [5.74, 6) is 6.28. The first-order valence-electron chi connectivity index (χ1n) is 5.45. The topological polar surface area (TPSA) is 52.3 Å². The molecule has 0 radical (unpaired) electrons. The molecule has 0 heterocycles. The largest absolute Gasteiger partial charge is 0.415 e. The van der Waals surface area contributed by atoms with Crippen LogP contribution in [-0.4, -0.2) is 6.29 Å². The van der Waals surface area contributed by atoms with Crippen LogP contribution >= 0.6 is 0 Å². The molecule has 0 aliphatic rings. The van der Waals surface area contributed by atoms with Gasteiger partial charge in [-0.25, -0.2) is 0 Å². The Bertz CT molecular complexity index is 244. The van der Waals surface area contributed by atoms with Crippen molar-refractivity contribution in [2.24, 2.45) is 17.2 Å². The maximum Gasteiger partial charge on any atom is 0.149 e. The second-order valence-corrected chi connectivity index (χ2v) is 4.66. The summed E-state index contributed by atoms with van der Waals surface area (Å²) in [6, 6.07) is 0. The second-order valence-electron chi connectivity index (χ2n) is 4.66. The lowest BCUT2D eigenvalue weighted by molar-refractivity contribution is -0.105. The van der Waals surface area contributed by atoms with Gasteiger partial charge in [0.25, 0.3) is 0 Å². The normalized spacial score (nSPS) is 15.6. The number of carbonyl (C=O) groups excluding carboxylic acids is 1. The fourth-order valence-electron chi connectivity index (χ4n) is 1.82. The van der Waals surface area contributed by atoms with Gasteiger partial charge in [-0.3, -0.25) is 4.79 Å². The minimum absolute atomic E-state index is 0.199. The van der Waals surface area contributed by atoms with E-state index in [1.807, 2.05) is 0 Å². The molecule has 1 atom stereocenters. The molecule has 0 saturated carbocycles. The summed E-state index contributed by atoms with van der Waals surface area (Å²) >= 11 is 0. The van der Waals surface area contributed by atoms with Crippen molar-refractivity contribution in [3.05, 3.63) is 11.3 Å². The van der Waals surface area contributed by atoms with Crippen LogP contribution in [0.15, 0.2) is 11.3 Å². The molecule has 0 fully saturated rings. The van der Waals surface area contributed by atoms with Crippen LogP contribution in [0, 0.1) is 11.3 Å². The van der Waals surface area contributed by atoms with Crippen molar-refractivity contribution < 1.29 is 9.63 Å². The molecule has 0 aliphatic carbocycles. The molecular formula is C12H23NO2. The van der Waals surface area contributed by atoms with Crippen LogP contribution in [0.3, 0.4) is 0 Å². The molecule has 0 amide bonds. The number of aldehydes is 1. The van der Waals surface area contributed by atoms with E-state index in [0.717, 1.165) is 19.1 Å². The molecule has 0 aromatic rings. The molecule has 0 unspecified atom stereocenters. The predicted octanol–water partition coefficient (Wildman–Crippen LogP) is 2.81. The van der Waals surface area contributed by atoms with Crippen molar-refractivity contribution in [3.8, 4) is 0 Å². The summed E-state index contributed by atoms with van der Waals surface area (Å²) in [5, 5.41) is 0. The third-order valence-corrected chi connectivity index (χ3v) is 3.19. The highest BCUT2D eigenvalue weighted by Gasteiger charge is 2.32. The summed E-state index contributed by atoms with van der Waals surface area (Å²) in [4.78, 5) is 15.6. The van der Waals surface area contributed by atoms with Gasteiger partial charge >= 0.3 is 0 Å². The summed E-state index contributed by atoms with van der Waals surface area (Å²) in [5.41, 5.74) is 0.376. The molecule has 0 rings (SSSR count). The van der Waals surface area contributed by atoms with Gasteiger partial charge in [0.1, 0.15) is 12.0 Å². The summed E-state index contributed by atoms with van der Waals surface area (Å²) in [7, 11) is 0. The molecule has 0 spiro atoms. The van der Waals surface area contributed by atoms with Crippen LogP contribution in [0.2, 0.25) is 0 Å². The third-order valence-electron chi connectivity index (χ3n) is 3.19. The van der Waals surface area contributed by atoms with Crippen LogP contribution in [0.4, 0.5) is 0 Å². The maximum atomic E-state index is 10.7. The quantitative estimate of drug-likeness (QED) is 0.319. The Morgan fingerprint density at radius 2 is 2.07 bits per heavy atom. The lowest BCUT2D eigenvalue weighted by atomic mass is 9.75. The van der Waals surface area contributed by atoms with Crippen LogP contribution < -0.4 is 5.90 Å². The van der Waals surface area contributed by atoms with E-state index in [2.05, 4.69) is 27.7 Å². The molecule has 0 aromatic heterocycles. The van der Waals surface area contributed by atoms with Gasteiger partial charge in [0.2, 0.25) is 0 Å². The van der Waals surface area contributed by atoms with Crippen LogP contribution in [0.5, 0.6) is 0 Å². The van der Waals surface area contributed by atoms with E-state index >= 15 is 0 Å². The summed E-state index contributed by atoms with van der Waals surface area (Å²) < 4.78 is 0. The van der Waals surface area contributed by atoms with Gasteiger partial charge in [-0.2, -0.15) is 5.90 Å².